The maximum Gasteiger partial charge on any atom is 0.227 e. The highest BCUT2D eigenvalue weighted by atomic mass is 16.2. The fourth-order valence-corrected chi connectivity index (χ4v) is 3.04. The maximum atomic E-state index is 12.4. The third-order valence-corrected chi connectivity index (χ3v) is 4.33. The number of nitrogens with one attached hydrogen (secondary N) is 1. The van der Waals surface area contributed by atoms with Gasteiger partial charge in [-0.15, -0.1) is 0 Å². The third-order valence-electron chi connectivity index (χ3n) is 4.33. The van der Waals surface area contributed by atoms with Crippen molar-refractivity contribution in [3.63, 3.8) is 0 Å². The zero-order valence-electron chi connectivity index (χ0n) is 13.8. The van der Waals surface area contributed by atoms with Crippen molar-refractivity contribution in [2.75, 3.05) is 26.2 Å². The van der Waals surface area contributed by atoms with Crippen molar-refractivity contribution in [1.82, 2.24) is 10.2 Å². The van der Waals surface area contributed by atoms with Crippen LogP contribution in [-0.2, 0) is 4.79 Å². The van der Waals surface area contributed by atoms with Gasteiger partial charge in [0, 0.05) is 19.6 Å². The van der Waals surface area contributed by atoms with Gasteiger partial charge in [0.15, 0.2) is 0 Å². The summed E-state index contributed by atoms with van der Waals surface area (Å²) < 4.78 is 0. The molecule has 3 nitrogen and oxygen atoms in total. The SMILES string of the molecule is CCCNC(=O)C1(C)CCCN(C/C=C/c2ccccc2)C1. The molecular formula is C19H28N2O. The van der Waals surface area contributed by atoms with Crippen LogP contribution in [0.4, 0.5) is 0 Å². The number of nitrogens with zero attached hydrogens (tertiary/aromatic N) is 1. The molecule has 0 bridgehead atoms. The number of amides is 1. The molecule has 0 spiro atoms. The van der Waals surface area contributed by atoms with Gasteiger partial charge in [0.05, 0.1) is 5.41 Å². The quantitative estimate of drug-likeness (QED) is 0.874. The van der Waals surface area contributed by atoms with E-state index in [2.05, 4.69) is 60.5 Å². The summed E-state index contributed by atoms with van der Waals surface area (Å²) in [5, 5.41) is 3.06. The average molecular weight is 300 g/mol. The smallest absolute Gasteiger partial charge is 0.227 e. The molecule has 3 heteroatoms. The van der Waals surface area contributed by atoms with Crippen LogP contribution in [0.5, 0.6) is 0 Å². The molecule has 0 saturated carbocycles. The van der Waals surface area contributed by atoms with Crippen molar-refractivity contribution < 1.29 is 4.79 Å². The summed E-state index contributed by atoms with van der Waals surface area (Å²) in [5.41, 5.74) is 0.983. The van der Waals surface area contributed by atoms with E-state index in [1.54, 1.807) is 0 Å². The molecule has 1 saturated heterocycles. The Morgan fingerprint density at radius 1 is 1.36 bits per heavy atom. The van der Waals surface area contributed by atoms with Crippen LogP contribution in [0.2, 0.25) is 0 Å². The molecule has 120 valence electrons. The van der Waals surface area contributed by atoms with Gasteiger partial charge in [0.25, 0.3) is 0 Å². The molecule has 0 aromatic heterocycles. The van der Waals surface area contributed by atoms with Crippen LogP contribution in [0.1, 0.15) is 38.7 Å². The van der Waals surface area contributed by atoms with E-state index in [1.165, 1.54) is 5.56 Å². The molecule has 0 aliphatic carbocycles. The summed E-state index contributed by atoms with van der Waals surface area (Å²) in [6.45, 7) is 7.81. The van der Waals surface area contributed by atoms with Crippen LogP contribution in [0.25, 0.3) is 6.08 Å². The highest BCUT2D eigenvalue weighted by Gasteiger charge is 2.37. The van der Waals surface area contributed by atoms with Crippen LogP contribution in [0.15, 0.2) is 36.4 Å². The molecule has 1 aromatic carbocycles. The molecule has 1 unspecified atom stereocenters. The summed E-state index contributed by atoms with van der Waals surface area (Å²) in [6, 6.07) is 10.3. The van der Waals surface area contributed by atoms with Gasteiger partial charge in [-0.3, -0.25) is 9.69 Å². The molecule has 1 N–H and O–H groups in total. The Balaban J connectivity index is 1.87. The van der Waals surface area contributed by atoms with Gasteiger partial charge >= 0.3 is 0 Å². The van der Waals surface area contributed by atoms with E-state index in [-0.39, 0.29) is 11.3 Å². The minimum atomic E-state index is -0.242. The zero-order chi connectivity index (χ0) is 15.8. The first-order valence-corrected chi connectivity index (χ1v) is 8.36. The second-order valence-corrected chi connectivity index (χ2v) is 6.47. The fraction of sp³-hybridized carbons (Fsp3) is 0.526. The minimum absolute atomic E-state index is 0.214. The number of hydrogen-bond acceptors (Lipinski definition) is 2. The summed E-state index contributed by atoms with van der Waals surface area (Å²) in [5.74, 6) is 0.214. The number of rotatable bonds is 6. The predicted octanol–water partition coefficient (Wildman–Crippen LogP) is 3.33. The number of benzene rings is 1. The van der Waals surface area contributed by atoms with Gasteiger partial charge in [-0.05, 0) is 38.3 Å². The molecule has 22 heavy (non-hydrogen) atoms. The van der Waals surface area contributed by atoms with E-state index < -0.39 is 0 Å². The van der Waals surface area contributed by atoms with Crippen molar-refractivity contribution in [1.29, 1.82) is 0 Å². The summed E-state index contributed by atoms with van der Waals surface area (Å²) in [4.78, 5) is 14.7. The maximum absolute atomic E-state index is 12.4. The Kier molecular flexibility index (Phi) is 6.20. The van der Waals surface area contributed by atoms with Crippen molar-refractivity contribution in [2.45, 2.75) is 33.1 Å². The van der Waals surface area contributed by atoms with Gasteiger partial charge in [-0.1, -0.05) is 49.4 Å². The first-order chi connectivity index (χ1) is 10.6. The van der Waals surface area contributed by atoms with E-state index >= 15 is 0 Å². The summed E-state index contributed by atoms with van der Waals surface area (Å²) in [6.07, 6.45) is 7.43. The van der Waals surface area contributed by atoms with Gasteiger partial charge in [0.1, 0.15) is 0 Å². The minimum Gasteiger partial charge on any atom is -0.356 e. The van der Waals surface area contributed by atoms with Gasteiger partial charge in [-0.25, -0.2) is 0 Å². The van der Waals surface area contributed by atoms with Crippen molar-refractivity contribution in [3.05, 3.63) is 42.0 Å². The van der Waals surface area contributed by atoms with Crippen LogP contribution < -0.4 is 5.32 Å². The monoisotopic (exact) mass is 300 g/mol. The largest absolute Gasteiger partial charge is 0.356 e. The average Bonchev–Trinajstić information content (AvgIpc) is 2.53. The van der Waals surface area contributed by atoms with Crippen LogP contribution >= 0.6 is 0 Å². The van der Waals surface area contributed by atoms with Crippen molar-refractivity contribution in [3.8, 4) is 0 Å². The Morgan fingerprint density at radius 2 is 2.14 bits per heavy atom. The van der Waals surface area contributed by atoms with Gasteiger partial charge in [0.2, 0.25) is 5.91 Å². The van der Waals surface area contributed by atoms with E-state index in [0.29, 0.717) is 0 Å². The third kappa shape index (κ3) is 4.70. The standard InChI is InChI=1S/C19H28N2O/c1-3-13-20-18(22)19(2)12-8-15-21(16-19)14-7-11-17-9-5-4-6-10-17/h4-7,9-11H,3,8,12-16H2,1-2H3,(H,20,22)/b11-7+. The first kappa shape index (κ1) is 16.8. The van der Waals surface area contributed by atoms with Crippen LogP contribution in [0, 0.1) is 5.41 Å². The lowest BCUT2D eigenvalue weighted by Crippen LogP contribution is -2.50. The second kappa shape index (κ2) is 8.14. The predicted molar refractivity (Wildman–Crippen MR) is 92.6 cm³/mol. The Hall–Kier alpha value is -1.61. The lowest BCUT2D eigenvalue weighted by Gasteiger charge is -2.38. The summed E-state index contributed by atoms with van der Waals surface area (Å²) in [7, 11) is 0. The lowest BCUT2D eigenvalue weighted by atomic mass is 9.81. The molecular weight excluding hydrogens is 272 g/mol. The van der Waals surface area contributed by atoms with Crippen LogP contribution in [0.3, 0.4) is 0 Å². The molecule has 1 atom stereocenters. The topological polar surface area (TPSA) is 32.3 Å². The number of carbonyl (C=O) groups excluding carboxylic acids is 1. The highest BCUT2D eigenvalue weighted by Crippen LogP contribution is 2.29. The lowest BCUT2D eigenvalue weighted by molar-refractivity contribution is -0.133. The van der Waals surface area contributed by atoms with E-state index in [9.17, 15) is 4.79 Å². The molecule has 1 aliphatic rings. The van der Waals surface area contributed by atoms with Gasteiger partial charge in [-0.2, -0.15) is 0 Å². The first-order valence-electron chi connectivity index (χ1n) is 8.36. The Morgan fingerprint density at radius 3 is 2.86 bits per heavy atom. The number of likely N-dealkylation sites (tertiary alicyclic amines) is 1. The number of piperidine rings is 1. The van der Waals surface area contributed by atoms with E-state index in [0.717, 1.165) is 45.4 Å². The molecule has 1 heterocycles. The number of carbonyl (C=O) groups is 1. The molecule has 1 aromatic rings. The summed E-state index contributed by atoms with van der Waals surface area (Å²) >= 11 is 0. The zero-order valence-corrected chi connectivity index (χ0v) is 13.8. The molecule has 1 amide bonds. The molecule has 2 rings (SSSR count). The second-order valence-electron chi connectivity index (χ2n) is 6.47. The molecule has 1 aliphatic heterocycles. The Labute approximate surface area is 134 Å². The van der Waals surface area contributed by atoms with Crippen molar-refractivity contribution >= 4 is 12.0 Å². The Bertz CT molecular complexity index is 497. The normalized spacial score (nSPS) is 22.8. The molecule has 0 radical (unpaired) electrons. The van der Waals surface area contributed by atoms with Gasteiger partial charge < -0.3 is 5.32 Å². The molecule has 1 fully saturated rings. The van der Waals surface area contributed by atoms with Crippen molar-refractivity contribution in [2.24, 2.45) is 5.41 Å². The highest BCUT2D eigenvalue weighted by molar-refractivity contribution is 5.82. The number of hydrogen-bond donors (Lipinski definition) is 1. The fourth-order valence-electron chi connectivity index (χ4n) is 3.04. The van der Waals surface area contributed by atoms with E-state index in [1.807, 2.05) is 6.07 Å². The van der Waals surface area contributed by atoms with E-state index in [4.69, 9.17) is 0 Å². The van der Waals surface area contributed by atoms with Crippen LogP contribution in [-0.4, -0.2) is 37.0 Å².